The number of isocyanates is 1. The van der Waals surface area contributed by atoms with Crippen LogP contribution in [0.5, 0.6) is 0 Å². The molecule has 0 aliphatic heterocycles. The van der Waals surface area contributed by atoms with Crippen molar-refractivity contribution in [2.45, 2.75) is 39.7 Å². The highest BCUT2D eigenvalue weighted by molar-refractivity contribution is 5.74. The van der Waals surface area contributed by atoms with E-state index >= 15 is 0 Å². The Hall–Kier alpha value is -1.15. The number of carboxylic acid groups (broad SMARTS) is 1. The summed E-state index contributed by atoms with van der Waals surface area (Å²) in [6.45, 7) is 6.03. The van der Waals surface area contributed by atoms with E-state index in [0.29, 0.717) is 6.42 Å². The first-order chi connectivity index (χ1) is 5.87. The number of rotatable bonds is 4. The van der Waals surface area contributed by atoms with Crippen molar-refractivity contribution in [3.05, 3.63) is 0 Å². The van der Waals surface area contributed by atoms with Crippen LogP contribution in [0, 0.1) is 5.41 Å². The van der Waals surface area contributed by atoms with Crippen LogP contribution in [0.25, 0.3) is 0 Å². The van der Waals surface area contributed by atoms with E-state index in [4.69, 9.17) is 5.11 Å². The minimum absolute atomic E-state index is 0.0616. The second kappa shape index (κ2) is 4.77. The normalized spacial score (nSPS) is 13.2. The van der Waals surface area contributed by atoms with Gasteiger partial charge in [-0.15, -0.1) is 0 Å². The maximum absolute atomic E-state index is 10.5. The number of nitrogens with zero attached hydrogens (tertiary/aromatic N) is 1. The molecule has 0 heterocycles. The van der Waals surface area contributed by atoms with Gasteiger partial charge in [-0.25, -0.2) is 9.59 Å². The lowest BCUT2D eigenvalue weighted by Gasteiger charge is -2.18. The fourth-order valence-electron chi connectivity index (χ4n) is 0.877. The van der Waals surface area contributed by atoms with Crippen LogP contribution < -0.4 is 0 Å². The average Bonchev–Trinajstić information content (AvgIpc) is 1.95. The van der Waals surface area contributed by atoms with Gasteiger partial charge in [-0.1, -0.05) is 20.8 Å². The molecule has 0 rings (SSSR count). The molecule has 0 aromatic heterocycles. The number of carboxylic acids is 1. The highest BCUT2D eigenvalue weighted by atomic mass is 16.4. The molecule has 1 N–H and O–H groups in total. The minimum Gasteiger partial charge on any atom is -0.480 e. The quantitative estimate of drug-likeness (QED) is 0.534. The van der Waals surface area contributed by atoms with Crippen LogP contribution in [-0.4, -0.2) is 23.2 Å². The van der Waals surface area contributed by atoms with E-state index in [0.717, 1.165) is 6.42 Å². The summed E-state index contributed by atoms with van der Waals surface area (Å²) in [4.78, 5) is 23.6. The molecule has 0 saturated heterocycles. The summed E-state index contributed by atoms with van der Waals surface area (Å²) in [5.41, 5.74) is 0.0616. The molecule has 0 aliphatic rings. The molecule has 0 aromatic carbocycles. The summed E-state index contributed by atoms with van der Waals surface area (Å²) in [5.74, 6) is -1.06. The first kappa shape index (κ1) is 11.8. The predicted octanol–water partition coefficient (Wildman–Crippen LogP) is 1.60. The highest BCUT2D eigenvalue weighted by Gasteiger charge is 2.19. The van der Waals surface area contributed by atoms with Gasteiger partial charge in [-0.05, 0) is 18.3 Å². The lowest BCUT2D eigenvalue weighted by Crippen LogP contribution is -2.20. The Balaban J connectivity index is 4.13. The van der Waals surface area contributed by atoms with E-state index in [-0.39, 0.29) is 5.41 Å². The summed E-state index contributed by atoms with van der Waals surface area (Å²) in [6, 6.07) is -0.934. The average molecular weight is 185 g/mol. The number of aliphatic carboxylic acids is 1. The van der Waals surface area contributed by atoms with E-state index in [1.165, 1.54) is 6.08 Å². The topological polar surface area (TPSA) is 66.7 Å². The summed E-state index contributed by atoms with van der Waals surface area (Å²) in [7, 11) is 0. The molecule has 1 unspecified atom stereocenters. The molecule has 1 atom stereocenters. The van der Waals surface area contributed by atoms with E-state index in [2.05, 4.69) is 4.99 Å². The third-order valence-corrected chi connectivity index (χ3v) is 1.66. The summed E-state index contributed by atoms with van der Waals surface area (Å²) < 4.78 is 0. The SMILES string of the molecule is CC(C)(C)CCC(N=C=O)C(=O)O. The van der Waals surface area contributed by atoms with Crippen molar-refractivity contribution in [3.8, 4) is 0 Å². The molecule has 4 nitrogen and oxygen atoms in total. The second-order valence-electron chi connectivity index (χ2n) is 4.17. The molecule has 0 fully saturated rings. The molecule has 74 valence electrons. The maximum atomic E-state index is 10.5. The molecule has 0 radical (unpaired) electrons. The van der Waals surface area contributed by atoms with Gasteiger partial charge in [0.25, 0.3) is 0 Å². The monoisotopic (exact) mass is 185 g/mol. The van der Waals surface area contributed by atoms with Gasteiger partial charge in [-0.2, -0.15) is 4.99 Å². The standard InChI is InChI=1S/C9H15NO3/c1-9(2,3)5-4-7(8(12)13)10-6-11/h7H,4-5H2,1-3H3,(H,12,13). The van der Waals surface area contributed by atoms with Crippen molar-refractivity contribution in [2.75, 3.05) is 0 Å². The summed E-state index contributed by atoms with van der Waals surface area (Å²) >= 11 is 0. The largest absolute Gasteiger partial charge is 0.480 e. The highest BCUT2D eigenvalue weighted by Crippen LogP contribution is 2.22. The third-order valence-electron chi connectivity index (χ3n) is 1.66. The number of carbonyl (C=O) groups excluding carboxylic acids is 1. The van der Waals surface area contributed by atoms with Crippen LogP contribution in [0.2, 0.25) is 0 Å². The Kier molecular flexibility index (Phi) is 4.35. The van der Waals surface area contributed by atoms with Gasteiger partial charge >= 0.3 is 5.97 Å². The zero-order valence-corrected chi connectivity index (χ0v) is 8.20. The van der Waals surface area contributed by atoms with Gasteiger partial charge in [0.15, 0.2) is 6.04 Å². The first-order valence-corrected chi connectivity index (χ1v) is 4.16. The molecule has 0 aromatic rings. The van der Waals surface area contributed by atoms with Crippen LogP contribution in [0.3, 0.4) is 0 Å². The van der Waals surface area contributed by atoms with Crippen molar-refractivity contribution in [1.82, 2.24) is 0 Å². The molecule has 13 heavy (non-hydrogen) atoms. The predicted molar refractivity (Wildman–Crippen MR) is 48.2 cm³/mol. The van der Waals surface area contributed by atoms with E-state index in [9.17, 15) is 9.59 Å². The van der Waals surface area contributed by atoms with E-state index in [1.807, 2.05) is 20.8 Å². The number of carbonyl (C=O) groups is 1. The Morgan fingerprint density at radius 3 is 2.38 bits per heavy atom. The lowest BCUT2D eigenvalue weighted by atomic mass is 9.89. The minimum atomic E-state index is -1.06. The molecule has 0 spiro atoms. The second-order valence-corrected chi connectivity index (χ2v) is 4.17. The van der Waals surface area contributed by atoms with Gasteiger partial charge in [0, 0.05) is 0 Å². The number of aliphatic imine (C=N–C) groups is 1. The zero-order valence-electron chi connectivity index (χ0n) is 8.20. The Bertz CT molecular complexity index is 222. The van der Waals surface area contributed by atoms with Crippen LogP contribution >= 0.6 is 0 Å². The summed E-state index contributed by atoms with van der Waals surface area (Å²) in [5, 5.41) is 8.63. The van der Waals surface area contributed by atoms with Gasteiger partial charge in [-0.3, -0.25) is 0 Å². The van der Waals surface area contributed by atoms with Gasteiger partial charge in [0.05, 0.1) is 0 Å². The molecule has 0 saturated carbocycles. The molecule has 0 amide bonds. The smallest absolute Gasteiger partial charge is 0.329 e. The van der Waals surface area contributed by atoms with Crippen molar-refractivity contribution in [3.63, 3.8) is 0 Å². The Morgan fingerprint density at radius 1 is 1.54 bits per heavy atom. The van der Waals surface area contributed by atoms with Crippen LogP contribution in [0.4, 0.5) is 0 Å². The van der Waals surface area contributed by atoms with Crippen molar-refractivity contribution < 1.29 is 14.7 Å². The van der Waals surface area contributed by atoms with Crippen LogP contribution in [0.1, 0.15) is 33.6 Å². The van der Waals surface area contributed by atoms with Crippen LogP contribution in [0.15, 0.2) is 4.99 Å². The molecule has 0 aliphatic carbocycles. The molecular formula is C9H15NO3. The summed E-state index contributed by atoms with van der Waals surface area (Å²) in [6.07, 6.45) is 2.38. The Morgan fingerprint density at radius 2 is 2.08 bits per heavy atom. The fourth-order valence-corrected chi connectivity index (χ4v) is 0.877. The first-order valence-electron chi connectivity index (χ1n) is 4.16. The molecule has 4 heteroatoms. The van der Waals surface area contributed by atoms with Crippen molar-refractivity contribution in [2.24, 2.45) is 10.4 Å². The van der Waals surface area contributed by atoms with Crippen molar-refractivity contribution in [1.29, 1.82) is 0 Å². The van der Waals surface area contributed by atoms with E-state index < -0.39 is 12.0 Å². The van der Waals surface area contributed by atoms with Gasteiger partial charge < -0.3 is 5.11 Å². The van der Waals surface area contributed by atoms with E-state index in [1.54, 1.807) is 0 Å². The molecule has 0 bridgehead atoms. The van der Waals surface area contributed by atoms with Gasteiger partial charge in [0.1, 0.15) is 0 Å². The number of hydrogen-bond donors (Lipinski definition) is 1. The van der Waals surface area contributed by atoms with Gasteiger partial charge in [0.2, 0.25) is 6.08 Å². The maximum Gasteiger partial charge on any atom is 0.329 e. The number of hydrogen-bond acceptors (Lipinski definition) is 3. The Labute approximate surface area is 77.7 Å². The molecular weight excluding hydrogens is 170 g/mol. The van der Waals surface area contributed by atoms with Crippen molar-refractivity contribution >= 4 is 12.0 Å². The van der Waals surface area contributed by atoms with Crippen LogP contribution in [-0.2, 0) is 9.59 Å². The third kappa shape index (κ3) is 6.05. The zero-order chi connectivity index (χ0) is 10.5. The lowest BCUT2D eigenvalue weighted by molar-refractivity contribution is -0.138. The fraction of sp³-hybridized carbons (Fsp3) is 0.778.